The maximum atomic E-state index is 5.71. The number of nitrogens with two attached hydrogens (primary N) is 1. The van der Waals surface area contributed by atoms with Gasteiger partial charge in [-0.2, -0.15) is 0 Å². The monoisotopic (exact) mass is 162 g/mol. The molecule has 1 aromatic rings. The van der Waals surface area contributed by atoms with Gasteiger partial charge in [0.05, 0.1) is 0 Å². The number of hydrogen-bond donors (Lipinski definition) is 2. The largest absolute Gasteiger partial charge is 0.401 e. The molecule has 0 atom stereocenters. The molecule has 2 heteroatoms. The van der Waals surface area contributed by atoms with E-state index in [9.17, 15) is 0 Å². The summed E-state index contributed by atoms with van der Waals surface area (Å²) in [7, 11) is 1.85. The van der Waals surface area contributed by atoms with E-state index in [0.717, 1.165) is 12.1 Å². The van der Waals surface area contributed by atoms with Crippen LogP contribution in [0.3, 0.4) is 0 Å². The Kier molecular flexibility index (Phi) is 3.20. The van der Waals surface area contributed by atoms with Crippen LogP contribution in [0, 0.1) is 0 Å². The van der Waals surface area contributed by atoms with Gasteiger partial charge in [-0.05, 0) is 5.56 Å². The van der Waals surface area contributed by atoms with E-state index in [-0.39, 0.29) is 0 Å². The van der Waals surface area contributed by atoms with Gasteiger partial charge >= 0.3 is 0 Å². The lowest BCUT2D eigenvalue weighted by Gasteiger charge is -2.00. The van der Waals surface area contributed by atoms with Crippen molar-refractivity contribution in [1.82, 2.24) is 5.32 Å². The predicted molar refractivity (Wildman–Crippen MR) is 51.5 cm³/mol. The van der Waals surface area contributed by atoms with Gasteiger partial charge in [-0.3, -0.25) is 0 Å². The average molecular weight is 162 g/mol. The van der Waals surface area contributed by atoms with Crippen molar-refractivity contribution >= 4 is 0 Å². The highest BCUT2D eigenvalue weighted by Gasteiger charge is 1.92. The van der Waals surface area contributed by atoms with Gasteiger partial charge in [0.1, 0.15) is 0 Å². The molecule has 12 heavy (non-hydrogen) atoms. The summed E-state index contributed by atoms with van der Waals surface area (Å²) >= 11 is 0. The van der Waals surface area contributed by atoms with Crippen molar-refractivity contribution < 1.29 is 0 Å². The second kappa shape index (κ2) is 4.44. The summed E-state index contributed by atoms with van der Waals surface area (Å²) in [6, 6.07) is 10.2. The van der Waals surface area contributed by atoms with Crippen LogP contribution in [0.2, 0.25) is 0 Å². The molecular weight excluding hydrogens is 148 g/mol. The first-order valence-corrected chi connectivity index (χ1v) is 3.98. The van der Waals surface area contributed by atoms with Crippen LogP contribution in [0.1, 0.15) is 5.56 Å². The lowest BCUT2D eigenvalue weighted by molar-refractivity contribution is 1.01. The fourth-order valence-electron chi connectivity index (χ4n) is 1.07. The van der Waals surface area contributed by atoms with Gasteiger partial charge in [0, 0.05) is 25.4 Å². The lowest BCUT2D eigenvalue weighted by Crippen LogP contribution is -2.06. The first-order valence-electron chi connectivity index (χ1n) is 3.98. The highest BCUT2D eigenvalue weighted by molar-refractivity contribution is 5.20. The summed E-state index contributed by atoms with van der Waals surface area (Å²) in [4.78, 5) is 0. The average Bonchev–Trinajstić information content (AvgIpc) is 2.06. The number of hydrogen-bond acceptors (Lipinski definition) is 2. The van der Waals surface area contributed by atoms with E-state index in [1.165, 1.54) is 5.56 Å². The van der Waals surface area contributed by atoms with Gasteiger partial charge in [-0.1, -0.05) is 30.3 Å². The van der Waals surface area contributed by atoms with Gasteiger partial charge in [-0.15, -0.1) is 0 Å². The molecule has 0 saturated carbocycles. The molecule has 0 radical (unpaired) electrons. The fourth-order valence-corrected chi connectivity index (χ4v) is 1.07. The van der Waals surface area contributed by atoms with Crippen LogP contribution < -0.4 is 11.1 Å². The number of rotatable bonds is 3. The minimum Gasteiger partial charge on any atom is -0.401 e. The quantitative estimate of drug-likeness (QED) is 0.702. The Morgan fingerprint density at radius 2 is 2.08 bits per heavy atom. The minimum atomic E-state index is 0.807. The minimum absolute atomic E-state index is 0.807. The Bertz CT molecular complexity index is 252. The Morgan fingerprint density at radius 1 is 1.42 bits per heavy atom. The zero-order valence-electron chi connectivity index (χ0n) is 7.25. The zero-order chi connectivity index (χ0) is 8.81. The Labute approximate surface area is 73.1 Å². The first kappa shape index (κ1) is 8.65. The molecule has 0 spiro atoms. The maximum Gasteiger partial charge on any atom is 0.0284 e. The molecule has 0 aliphatic heterocycles. The second-order valence-electron chi connectivity index (χ2n) is 2.67. The number of benzene rings is 1. The van der Waals surface area contributed by atoms with Crippen LogP contribution in [0.25, 0.3) is 0 Å². The van der Waals surface area contributed by atoms with Gasteiger partial charge < -0.3 is 11.1 Å². The highest BCUT2D eigenvalue weighted by Crippen LogP contribution is 2.02. The Morgan fingerprint density at radius 3 is 2.67 bits per heavy atom. The third-order valence-corrected chi connectivity index (χ3v) is 1.58. The molecule has 0 unspecified atom stereocenters. The molecule has 0 aliphatic carbocycles. The van der Waals surface area contributed by atoms with Crippen LogP contribution in [0.4, 0.5) is 0 Å². The molecule has 0 aliphatic rings. The summed E-state index contributed by atoms with van der Waals surface area (Å²) in [6.07, 6.45) is 2.62. The van der Waals surface area contributed by atoms with Crippen molar-refractivity contribution in [2.45, 2.75) is 6.42 Å². The molecule has 1 rings (SSSR count). The molecule has 2 nitrogen and oxygen atoms in total. The molecule has 0 saturated heterocycles. The molecule has 0 fully saturated rings. The topological polar surface area (TPSA) is 38.0 Å². The molecule has 0 amide bonds. The summed E-state index contributed by atoms with van der Waals surface area (Å²) in [5, 5.41) is 2.90. The summed E-state index contributed by atoms with van der Waals surface area (Å²) in [5.74, 6) is 0. The van der Waals surface area contributed by atoms with Gasteiger partial charge in [0.15, 0.2) is 0 Å². The molecule has 0 heterocycles. The van der Waals surface area contributed by atoms with E-state index >= 15 is 0 Å². The van der Waals surface area contributed by atoms with E-state index < -0.39 is 0 Å². The Balaban J connectivity index is 2.58. The number of nitrogens with one attached hydrogen (secondary N) is 1. The fraction of sp³-hybridized carbons (Fsp3) is 0.200. The molecular formula is C10H14N2. The summed E-state index contributed by atoms with van der Waals surface area (Å²) < 4.78 is 0. The van der Waals surface area contributed by atoms with Gasteiger partial charge in [0.25, 0.3) is 0 Å². The first-order chi connectivity index (χ1) is 5.83. The van der Waals surface area contributed by atoms with Crippen molar-refractivity contribution in [3.63, 3.8) is 0 Å². The molecule has 1 aromatic carbocycles. The molecule has 3 N–H and O–H groups in total. The lowest BCUT2D eigenvalue weighted by atomic mass is 10.1. The van der Waals surface area contributed by atoms with Crippen LogP contribution >= 0.6 is 0 Å². The second-order valence-corrected chi connectivity index (χ2v) is 2.67. The van der Waals surface area contributed by atoms with Crippen molar-refractivity contribution in [3.8, 4) is 0 Å². The van der Waals surface area contributed by atoms with Crippen LogP contribution in [-0.4, -0.2) is 7.05 Å². The van der Waals surface area contributed by atoms with E-state index in [1.807, 2.05) is 31.4 Å². The number of allylic oxidation sites excluding steroid dienone is 1. The standard InChI is InChI=1S/C10H14N2/c1-12-8-10(11)7-9-5-3-2-4-6-9/h2-6,8,12H,7,11H2,1H3/b10-8-. The van der Waals surface area contributed by atoms with E-state index in [4.69, 9.17) is 5.73 Å². The van der Waals surface area contributed by atoms with Crippen molar-refractivity contribution in [2.24, 2.45) is 5.73 Å². The SMILES string of the molecule is CN/C=C(\N)Cc1ccccc1. The van der Waals surface area contributed by atoms with Crippen LogP contribution in [-0.2, 0) is 6.42 Å². The third-order valence-electron chi connectivity index (χ3n) is 1.58. The van der Waals surface area contributed by atoms with Gasteiger partial charge in [0.2, 0.25) is 0 Å². The van der Waals surface area contributed by atoms with Crippen molar-refractivity contribution in [2.75, 3.05) is 7.05 Å². The maximum absolute atomic E-state index is 5.71. The van der Waals surface area contributed by atoms with Crippen LogP contribution in [0.5, 0.6) is 0 Å². The Hall–Kier alpha value is -1.44. The normalized spacial score (nSPS) is 11.2. The predicted octanol–water partition coefficient (Wildman–Crippen LogP) is 1.25. The van der Waals surface area contributed by atoms with E-state index in [2.05, 4.69) is 17.4 Å². The van der Waals surface area contributed by atoms with Crippen LogP contribution in [0.15, 0.2) is 42.2 Å². The molecule has 0 bridgehead atoms. The van der Waals surface area contributed by atoms with Gasteiger partial charge in [-0.25, -0.2) is 0 Å². The van der Waals surface area contributed by atoms with E-state index in [0.29, 0.717) is 0 Å². The third kappa shape index (κ3) is 2.66. The van der Waals surface area contributed by atoms with E-state index in [1.54, 1.807) is 0 Å². The zero-order valence-corrected chi connectivity index (χ0v) is 7.25. The smallest absolute Gasteiger partial charge is 0.0284 e. The summed E-state index contributed by atoms with van der Waals surface area (Å²) in [6.45, 7) is 0. The van der Waals surface area contributed by atoms with Crippen molar-refractivity contribution in [3.05, 3.63) is 47.8 Å². The molecule has 0 aromatic heterocycles. The highest BCUT2D eigenvalue weighted by atomic mass is 14.8. The molecule has 64 valence electrons. The van der Waals surface area contributed by atoms with Crippen molar-refractivity contribution in [1.29, 1.82) is 0 Å². The summed E-state index contributed by atoms with van der Waals surface area (Å²) in [5.41, 5.74) is 7.80.